The van der Waals surface area contributed by atoms with E-state index in [1.165, 1.54) is 11.0 Å². The second kappa shape index (κ2) is 6.86. The summed E-state index contributed by atoms with van der Waals surface area (Å²) < 4.78 is 5.70. The van der Waals surface area contributed by atoms with Crippen LogP contribution in [0.2, 0.25) is 0 Å². The lowest BCUT2D eigenvalue weighted by molar-refractivity contribution is -0.131. The number of nitrogens with zero attached hydrogens (tertiary/aromatic N) is 1. The molecule has 104 valence electrons. The van der Waals surface area contributed by atoms with E-state index in [4.69, 9.17) is 9.84 Å². The van der Waals surface area contributed by atoms with E-state index in [2.05, 4.69) is 11.1 Å². The first kappa shape index (κ1) is 14.3. The summed E-state index contributed by atoms with van der Waals surface area (Å²) >= 11 is 1.69. The molecule has 0 aliphatic rings. The highest BCUT2D eigenvalue weighted by Gasteiger charge is 2.04. The molecule has 0 amide bonds. The summed E-state index contributed by atoms with van der Waals surface area (Å²) in [6.45, 7) is 2.40. The molecule has 0 saturated heterocycles. The lowest BCUT2D eigenvalue weighted by Crippen LogP contribution is -2.03. The maximum absolute atomic E-state index is 10.6. The smallest absolute Gasteiger partial charge is 0.328 e. The van der Waals surface area contributed by atoms with Gasteiger partial charge in [0.2, 0.25) is 0 Å². The molecule has 0 saturated carbocycles. The third kappa shape index (κ3) is 4.20. The van der Waals surface area contributed by atoms with Crippen molar-refractivity contribution in [3.8, 4) is 5.75 Å². The number of carboxylic acids is 1. The number of carbonyl (C=O) groups is 1. The first-order valence-corrected chi connectivity index (χ1v) is 7.07. The summed E-state index contributed by atoms with van der Waals surface area (Å²) in [5, 5.41) is 10.7. The number of thiophene rings is 1. The van der Waals surface area contributed by atoms with Gasteiger partial charge in [0.15, 0.2) is 0 Å². The molecule has 0 radical (unpaired) electrons. The summed E-state index contributed by atoms with van der Waals surface area (Å²) in [5.41, 5.74) is 1.36. The van der Waals surface area contributed by atoms with Crippen molar-refractivity contribution in [1.29, 1.82) is 0 Å². The van der Waals surface area contributed by atoms with Gasteiger partial charge in [0.05, 0.1) is 6.61 Å². The average Bonchev–Trinajstić information content (AvgIpc) is 2.91. The van der Waals surface area contributed by atoms with Crippen LogP contribution in [-0.4, -0.2) is 22.7 Å². The Morgan fingerprint density at radius 2 is 2.30 bits per heavy atom. The van der Waals surface area contributed by atoms with E-state index < -0.39 is 5.97 Å². The lowest BCUT2D eigenvalue weighted by atomic mass is 10.2. The SMILES string of the molecule is Cc1ccc(OCCc2cccs2)c(C=CC(=O)O)n1. The lowest BCUT2D eigenvalue weighted by Gasteiger charge is -2.08. The first-order chi connectivity index (χ1) is 9.65. The van der Waals surface area contributed by atoms with E-state index >= 15 is 0 Å². The van der Waals surface area contributed by atoms with Crippen LogP contribution in [0.4, 0.5) is 0 Å². The van der Waals surface area contributed by atoms with Crippen molar-refractivity contribution in [2.24, 2.45) is 0 Å². The number of aliphatic carboxylic acids is 1. The van der Waals surface area contributed by atoms with E-state index in [1.54, 1.807) is 11.3 Å². The zero-order valence-corrected chi connectivity index (χ0v) is 11.9. The maximum Gasteiger partial charge on any atom is 0.328 e. The molecule has 0 bridgehead atoms. The number of rotatable bonds is 6. The second-order valence-electron chi connectivity index (χ2n) is 4.19. The number of pyridine rings is 1. The third-order valence-electron chi connectivity index (χ3n) is 2.60. The fourth-order valence-corrected chi connectivity index (χ4v) is 2.36. The summed E-state index contributed by atoms with van der Waals surface area (Å²) in [6, 6.07) is 7.73. The molecule has 0 fully saturated rings. The van der Waals surface area contributed by atoms with Crippen molar-refractivity contribution in [3.63, 3.8) is 0 Å². The van der Waals surface area contributed by atoms with Crippen molar-refractivity contribution < 1.29 is 14.6 Å². The summed E-state index contributed by atoms with van der Waals surface area (Å²) in [4.78, 5) is 16.1. The number of hydrogen-bond acceptors (Lipinski definition) is 4. The fraction of sp³-hybridized carbons (Fsp3) is 0.200. The first-order valence-electron chi connectivity index (χ1n) is 6.19. The minimum atomic E-state index is -1.00. The van der Waals surface area contributed by atoms with Crippen molar-refractivity contribution in [1.82, 2.24) is 4.98 Å². The van der Waals surface area contributed by atoms with Gasteiger partial charge in [0.25, 0.3) is 0 Å². The second-order valence-corrected chi connectivity index (χ2v) is 5.22. The number of hydrogen-bond donors (Lipinski definition) is 1. The van der Waals surface area contributed by atoms with Gasteiger partial charge in [-0.15, -0.1) is 11.3 Å². The Bertz CT molecular complexity index is 606. The monoisotopic (exact) mass is 289 g/mol. The quantitative estimate of drug-likeness (QED) is 0.830. The van der Waals surface area contributed by atoms with Gasteiger partial charge in [-0.1, -0.05) is 6.07 Å². The van der Waals surface area contributed by atoms with Crippen molar-refractivity contribution in [3.05, 3.63) is 52.0 Å². The molecule has 4 nitrogen and oxygen atoms in total. The standard InChI is InChI=1S/C15H15NO3S/c1-11-4-6-14(13(16-11)5-7-15(17)18)19-9-8-12-3-2-10-20-12/h2-7,10H,8-9H2,1H3,(H,17,18). The molecule has 2 rings (SSSR count). The predicted molar refractivity (Wildman–Crippen MR) is 79.2 cm³/mol. The molecule has 0 spiro atoms. The van der Waals surface area contributed by atoms with Crippen LogP contribution in [0.15, 0.2) is 35.7 Å². The molecule has 2 aromatic heterocycles. The van der Waals surface area contributed by atoms with Crippen LogP contribution >= 0.6 is 11.3 Å². The molecule has 0 unspecified atom stereocenters. The van der Waals surface area contributed by atoms with E-state index in [9.17, 15) is 4.79 Å². The topological polar surface area (TPSA) is 59.4 Å². The molecule has 0 aromatic carbocycles. The van der Waals surface area contributed by atoms with Crippen LogP contribution in [0.5, 0.6) is 5.75 Å². The molecule has 5 heteroatoms. The van der Waals surface area contributed by atoms with Crippen LogP contribution in [0.3, 0.4) is 0 Å². The molecule has 0 aliphatic heterocycles. The molecule has 1 N–H and O–H groups in total. The Hall–Kier alpha value is -2.14. The number of carboxylic acid groups (broad SMARTS) is 1. The van der Waals surface area contributed by atoms with Crippen LogP contribution in [0, 0.1) is 6.92 Å². The molecule has 0 atom stereocenters. The predicted octanol–water partition coefficient (Wildman–Crippen LogP) is 3.17. The number of aryl methyl sites for hydroxylation is 1. The van der Waals surface area contributed by atoms with Gasteiger partial charge < -0.3 is 9.84 Å². The molecular formula is C15H15NO3S. The summed E-state index contributed by atoms with van der Waals surface area (Å²) in [6.07, 6.45) is 3.34. The van der Waals surface area contributed by atoms with Gasteiger partial charge >= 0.3 is 5.97 Å². The molecule has 0 aliphatic carbocycles. The zero-order valence-electron chi connectivity index (χ0n) is 11.1. The Morgan fingerprint density at radius 3 is 3.00 bits per heavy atom. The van der Waals surface area contributed by atoms with Gasteiger partial charge in [0.1, 0.15) is 11.4 Å². The number of ether oxygens (including phenoxy) is 1. The largest absolute Gasteiger partial charge is 0.491 e. The van der Waals surface area contributed by atoms with Crippen LogP contribution in [0.1, 0.15) is 16.3 Å². The normalized spacial score (nSPS) is 10.8. The summed E-state index contributed by atoms with van der Waals surface area (Å²) in [5.74, 6) is -0.400. The highest BCUT2D eigenvalue weighted by molar-refractivity contribution is 7.09. The van der Waals surface area contributed by atoms with Crippen molar-refractivity contribution in [2.45, 2.75) is 13.3 Å². The van der Waals surface area contributed by atoms with Crippen LogP contribution < -0.4 is 4.74 Å². The maximum atomic E-state index is 10.6. The van der Waals surface area contributed by atoms with Gasteiger partial charge in [0, 0.05) is 23.1 Å². The Kier molecular flexibility index (Phi) is 4.90. The Morgan fingerprint density at radius 1 is 1.45 bits per heavy atom. The Balaban J connectivity index is 2.04. The molecule has 20 heavy (non-hydrogen) atoms. The van der Waals surface area contributed by atoms with Crippen molar-refractivity contribution >= 4 is 23.4 Å². The van der Waals surface area contributed by atoms with E-state index in [0.29, 0.717) is 18.1 Å². The third-order valence-corrected chi connectivity index (χ3v) is 3.53. The van der Waals surface area contributed by atoms with E-state index in [0.717, 1.165) is 18.2 Å². The average molecular weight is 289 g/mol. The number of aromatic nitrogens is 1. The van der Waals surface area contributed by atoms with Gasteiger partial charge in [-0.25, -0.2) is 9.78 Å². The zero-order chi connectivity index (χ0) is 14.4. The van der Waals surface area contributed by atoms with Crippen LogP contribution in [0.25, 0.3) is 6.08 Å². The molecular weight excluding hydrogens is 274 g/mol. The highest BCUT2D eigenvalue weighted by Crippen LogP contribution is 2.19. The van der Waals surface area contributed by atoms with E-state index in [-0.39, 0.29) is 0 Å². The molecule has 2 heterocycles. The summed E-state index contributed by atoms with van der Waals surface area (Å²) in [7, 11) is 0. The van der Waals surface area contributed by atoms with Crippen molar-refractivity contribution in [2.75, 3.05) is 6.61 Å². The van der Waals surface area contributed by atoms with Gasteiger partial charge in [-0.05, 0) is 36.6 Å². The van der Waals surface area contributed by atoms with E-state index in [1.807, 2.05) is 30.5 Å². The van der Waals surface area contributed by atoms with Gasteiger partial charge in [-0.2, -0.15) is 0 Å². The molecule has 2 aromatic rings. The fourth-order valence-electron chi connectivity index (χ4n) is 1.67. The minimum absolute atomic E-state index is 0.540. The van der Waals surface area contributed by atoms with Gasteiger partial charge in [-0.3, -0.25) is 0 Å². The van der Waals surface area contributed by atoms with Crippen LogP contribution in [-0.2, 0) is 11.2 Å². The Labute approximate surface area is 121 Å². The minimum Gasteiger partial charge on any atom is -0.491 e. The highest BCUT2D eigenvalue weighted by atomic mass is 32.1.